The molecule has 5 nitrogen and oxygen atoms in total. The number of nitrogens with zero attached hydrogens (tertiary/aromatic N) is 1. The number of amides is 1. The Morgan fingerprint density at radius 2 is 2.00 bits per heavy atom. The van der Waals surface area contributed by atoms with Crippen molar-refractivity contribution in [3.8, 4) is 5.75 Å². The summed E-state index contributed by atoms with van der Waals surface area (Å²) in [7, 11) is 0. The van der Waals surface area contributed by atoms with E-state index in [1.165, 1.54) is 0 Å². The lowest BCUT2D eigenvalue weighted by Crippen LogP contribution is -2.61. The number of rotatable bonds is 6. The van der Waals surface area contributed by atoms with Crippen molar-refractivity contribution in [1.82, 2.24) is 4.90 Å². The van der Waals surface area contributed by atoms with Crippen molar-refractivity contribution >= 4 is 17.7 Å². The molecule has 142 valence electrons. The fourth-order valence-corrected chi connectivity index (χ4v) is 5.45. The third kappa shape index (κ3) is 4.35. The molecule has 0 radical (unpaired) electrons. The molecule has 0 bridgehead atoms. The zero-order valence-corrected chi connectivity index (χ0v) is 15.9. The Hall–Kier alpha value is -1.24. The van der Waals surface area contributed by atoms with E-state index in [2.05, 4.69) is 0 Å². The lowest BCUT2D eigenvalue weighted by molar-refractivity contribution is -0.139. The van der Waals surface area contributed by atoms with Crippen molar-refractivity contribution in [1.29, 1.82) is 0 Å². The van der Waals surface area contributed by atoms with Crippen molar-refractivity contribution < 1.29 is 19.0 Å². The lowest BCUT2D eigenvalue weighted by atomic mass is 9.92. The third-order valence-corrected chi connectivity index (χ3v) is 7.08. The van der Waals surface area contributed by atoms with Crippen LogP contribution in [0.4, 0.5) is 0 Å². The van der Waals surface area contributed by atoms with E-state index in [9.17, 15) is 4.79 Å². The van der Waals surface area contributed by atoms with Gasteiger partial charge < -0.3 is 19.1 Å². The van der Waals surface area contributed by atoms with Gasteiger partial charge in [-0.05, 0) is 37.3 Å². The van der Waals surface area contributed by atoms with Gasteiger partial charge in [-0.2, -0.15) is 0 Å². The normalized spacial score (nSPS) is 25.2. The second-order valence-electron chi connectivity index (χ2n) is 7.56. The number of likely N-dealkylation sites (tertiary alicyclic amines) is 1. The van der Waals surface area contributed by atoms with Crippen molar-refractivity contribution in [3.05, 3.63) is 30.3 Å². The minimum absolute atomic E-state index is 0.0756. The molecule has 26 heavy (non-hydrogen) atoms. The first-order valence-electron chi connectivity index (χ1n) is 9.51. The van der Waals surface area contributed by atoms with E-state index in [0.29, 0.717) is 12.0 Å². The molecule has 0 aliphatic carbocycles. The quantitative estimate of drug-likeness (QED) is 0.763. The SMILES string of the molecule is O=C(COc1ccccc1)N1CC2(C[C@H](OCC3CCOCC3)CS2)C1. The minimum Gasteiger partial charge on any atom is -0.484 e. The number of ether oxygens (including phenoxy) is 3. The van der Waals surface area contributed by atoms with Crippen LogP contribution in [0.1, 0.15) is 19.3 Å². The third-order valence-electron chi connectivity index (χ3n) is 5.50. The van der Waals surface area contributed by atoms with Gasteiger partial charge in [0.2, 0.25) is 0 Å². The summed E-state index contributed by atoms with van der Waals surface area (Å²) < 4.78 is 17.4. The van der Waals surface area contributed by atoms with Crippen molar-refractivity contribution in [2.45, 2.75) is 30.1 Å². The predicted octanol–water partition coefficient (Wildman–Crippen LogP) is 2.60. The highest BCUT2D eigenvalue weighted by atomic mass is 32.2. The molecule has 6 heteroatoms. The topological polar surface area (TPSA) is 48.0 Å². The molecule has 4 rings (SSSR count). The minimum atomic E-state index is 0.0756. The smallest absolute Gasteiger partial charge is 0.260 e. The van der Waals surface area contributed by atoms with Crippen LogP contribution in [0.2, 0.25) is 0 Å². The molecular weight excluding hydrogens is 350 g/mol. The van der Waals surface area contributed by atoms with Crippen LogP contribution in [0.25, 0.3) is 0 Å². The summed E-state index contributed by atoms with van der Waals surface area (Å²) in [5.74, 6) is 2.52. The van der Waals surface area contributed by atoms with E-state index >= 15 is 0 Å². The maximum atomic E-state index is 12.3. The standard InChI is InChI=1S/C20H27NO4S/c22-19(12-25-17-4-2-1-3-5-17)21-14-20(15-21)10-18(13-26-20)24-11-16-6-8-23-9-7-16/h1-5,16,18H,6-15H2/t18-/m0/s1. The first kappa shape index (κ1) is 18.1. The molecule has 3 heterocycles. The first-order chi connectivity index (χ1) is 12.7. The van der Waals surface area contributed by atoms with Gasteiger partial charge in [-0.25, -0.2) is 0 Å². The molecule has 1 aromatic carbocycles. The summed E-state index contributed by atoms with van der Waals surface area (Å²) in [5, 5.41) is 0. The Labute approximate surface area is 159 Å². The summed E-state index contributed by atoms with van der Waals surface area (Å²) in [4.78, 5) is 14.2. The average Bonchev–Trinajstić information content (AvgIpc) is 3.10. The number of carbonyl (C=O) groups excluding carboxylic acids is 1. The number of hydrogen-bond acceptors (Lipinski definition) is 5. The molecule has 3 aliphatic heterocycles. The fraction of sp³-hybridized carbons (Fsp3) is 0.650. The number of hydrogen-bond donors (Lipinski definition) is 0. The van der Waals surface area contributed by atoms with Crippen LogP contribution in [-0.2, 0) is 14.3 Å². The van der Waals surface area contributed by atoms with Gasteiger partial charge in [0.15, 0.2) is 6.61 Å². The van der Waals surface area contributed by atoms with Crippen molar-refractivity contribution in [2.24, 2.45) is 5.92 Å². The maximum Gasteiger partial charge on any atom is 0.260 e. The van der Waals surface area contributed by atoms with Crippen LogP contribution >= 0.6 is 11.8 Å². The molecule has 0 aromatic heterocycles. The van der Waals surface area contributed by atoms with E-state index in [4.69, 9.17) is 14.2 Å². The molecule has 1 aromatic rings. The number of thioether (sulfide) groups is 1. The van der Waals surface area contributed by atoms with Gasteiger partial charge in [-0.3, -0.25) is 4.79 Å². The summed E-state index contributed by atoms with van der Waals surface area (Å²) in [6.45, 7) is 4.38. The summed E-state index contributed by atoms with van der Waals surface area (Å²) in [6, 6.07) is 9.50. The van der Waals surface area contributed by atoms with Crippen molar-refractivity contribution in [2.75, 3.05) is 45.3 Å². The Morgan fingerprint density at radius 1 is 1.23 bits per heavy atom. The molecule has 3 saturated heterocycles. The fourth-order valence-electron chi connectivity index (χ4n) is 3.89. The second-order valence-corrected chi connectivity index (χ2v) is 9.05. The molecule has 1 atom stereocenters. The highest BCUT2D eigenvalue weighted by Gasteiger charge is 2.50. The van der Waals surface area contributed by atoms with Gasteiger partial charge in [0.05, 0.1) is 10.9 Å². The summed E-state index contributed by atoms with van der Waals surface area (Å²) in [5.41, 5.74) is 0. The molecule has 3 aliphatic rings. The Kier molecular flexibility index (Phi) is 5.72. The zero-order chi connectivity index (χ0) is 17.8. The van der Waals surface area contributed by atoms with Gasteiger partial charge in [0, 0.05) is 38.7 Å². The highest BCUT2D eigenvalue weighted by Crippen LogP contribution is 2.46. The highest BCUT2D eigenvalue weighted by molar-refractivity contribution is 8.01. The van der Waals surface area contributed by atoms with E-state index < -0.39 is 0 Å². The van der Waals surface area contributed by atoms with Crippen molar-refractivity contribution in [3.63, 3.8) is 0 Å². The van der Waals surface area contributed by atoms with Crippen LogP contribution in [-0.4, -0.2) is 66.9 Å². The monoisotopic (exact) mass is 377 g/mol. The Morgan fingerprint density at radius 3 is 2.77 bits per heavy atom. The van der Waals surface area contributed by atoms with Crippen LogP contribution in [0.3, 0.4) is 0 Å². The average molecular weight is 378 g/mol. The molecule has 1 spiro atoms. The van der Waals surface area contributed by atoms with E-state index in [-0.39, 0.29) is 17.3 Å². The molecule has 1 amide bonds. The molecule has 3 fully saturated rings. The van der Waals surface area contributed by atoms with Gasteiger partial charge in [-0.15, -0.1) is 11.8 Å². The van der Waals surface area contributed by atoms with Gasteiger partial charge >= 0.3 is 0 Å². The number of para-hydroxylation sites is 1. The van der Waals surface area contributed by atoms with Crippen LogP contribution in [0.15, 0.2) is 30.3 Å². The zero-order valence-electron chi connectivity index (χ0n) is 15.1. The molecular formula is C20H27NO4S. The first-order valence-corrected chi connectivity index (χ1v) is 10.5. The molecule has 0 saturated carbocycles. The summed E-state index contributed by atoms with van der Waals surface area (Å²) >= 11 is 1.98. The Balaban J connectivity index is 1.16. The van der Waals surface area contributed by atoms with Gasteiger partial charge in [-0.1, -0.05) is 18.2 Å². The van der Waals surface area contributed by atoms with Crippen LogP contribution < -0.4 is 4.74 Å². The lowest BCUT2D eigenvalue weighted by Gasteiger charge is -2.47. The van der Waals surface area contributed by atoms with Crippen LogP contribution in [0.5, 0.6) is 5.75 Å². The van der Waals surface area contributed by atoms with E-state index in [0.717, 1.165) is 63.7 Å². The Bertz CT molecular complexity index is 599. The largest absolute Gasteiger partial charge is 0.484 e. The van der Waals surface area contributed by atoms with E-state index in [1.807, 2.05) is 47.0 Å². The van der Waals surface area contributed by atoms with E-state index in [1.54, 1.807) is 0 Å². The maximum absolute atomic E-state index is 12.3. The number of benzene rings is 1. The van der Waals surface area contributed by atoms with Gasteiger partial charge in [0.25, 0.3) is 5.91 Å². The summed E-state index contributed by atoms with van der Waals surface area (Å²) in [6.07, 6.45) is 3.63. The van der Waals surface area contributed by atoms with Crippen LogP contribution in [0, 0.1) is 5.92 Å². The number of carbonyl (C=O) groups is 1. The second kappa shape index (κ2) is 8.19. The van der Waals surface area contributed by atoms with Gasteiger partial charge in [0.1, 0.15) is 5.75 Å². The molecule has 0 unspecified atom stereocenters. The molecule has 0 N–H and O–H groups in total. The predicted molar refractivity (Wildman–Crippen MR) is 102 cm³/mol.